The van der Waals surface area contributed by atoms with Crippen LogP contribution in [-0.2, 0) is 50.5 Å². The number of nitrogens with one attached hydrogen (secondary N) is 1. The third kappa shape index (κ3) is 9.50. The Labute approximate surface area is 309 Å². The van der Waals surface area contributed by atoms with Crippen LogP contribution in [0.2, 0.25) is 25.7 Å². The van der Waals surface area contributed by atoms with Gasteiger partial charge in [-0.1, -0.05) is 116 Å². The molecule has 1 fully saturated rings. The van der Waals surface area contributed by atoms with Crippen LogP contribution in [0.1, 0.15) is 23.1 Å². The number of β-lactam (4-membered cyclic amide) rings is 1. The minimum Gasteiger partial charge on any atom is -0.464 e. The Hall–Kier alpha value is -5.04. The van der Waals surface area contributed by atoms with Gasteiger partial charge >= 0.3 is 16.3 Å². The summed E-state index contributed by atoms with van der Waals surface area (Å²) in [5, 5.41) is 5.83. The molecule has 16 nitrogen and oxygen atoms in total. The maximum Gasteiger partial charge on any atom is 0.362 e. The van der Waals surface area contributed by atoms with Gasteiger partial charge in [0, 0.05) is 29.4 Å². The third-order valence-corrected chi connectivity index (χ3v) is 12.3. The molecule has 1 unspecified atom stereocenters. The Bertz CT molecular complexity index is 1990. The van der Waals surface area contributed by atoms with E-state index in [2.05, 4.69) is 39.5 Å². The highest BCUT2D eigenvalue weighted by atomic mass is 32.2. The zero-order valence-electron chi connectivity index (χ0n) is 29.1. The van der Waals surface area contributed by atoms with Crippen molar-refractivity contribution >= 4 is 57.7 Å². The fraction of sp³-hybridized carbons (Fsp3) is 0.324. The van der Waals surface area contributed by atoms with E-state index in [-0.39, 0.29) is 28.3 Å². The van der Waals surface area contributed by atoms with Crippen molar-refractivity contribution in [2.75, 3.05) is 19.0 Å². The summed E-state index contributed by atoms with van der Waals surface area (Å²) in [6.07, 6.45) is -2.06. The number of hydrogen-bond donors (Lipinski definition) is 2. The van der Waals surface area contributed by atoms with E-state index in [9.17, 15) is 27.4 Å². The van der Waals surface area contributed by atoms with Gasteiger partial charge in [0.15, 0.2) is 17.9 Å². The number of benzene rings is 3. The van der Waals surface area contributed by atoms with Gasteiger partial charge in [-0.3, -0.25) is 14.1 Å². The second-order valence-electron chi connectivity index (χ2n) is 13.2. The van der Waals surface area contributed by atoms with E-state index in [1.165, 1.54) is 0 Å². The number of amides is 2. The Morgan fingerprint density at radius 3 is 2.06 bits per heavy atom. The first-order valence-electron chi connectivity index (χ1n) is 16.4. The van der Waals surface area contributed by atoms with Crippen molar-refractivity contribution in [1.82, 2.24) is 9.62 Å². The van der Waals surface area contributed by atoms with Crippen molar-refractivity contribution in [1.29, 1.82) is 0 Å². The van der Waals surface area contributed by atoms with Crippen LogP contribution < -0.4 is 5.32 Å². The molecule has 19 heteroatoms. The van der Waals surface area contributed by atoms with Crippen molar-refractivity contribution in [3.63, 3.8) is 0 Å². The van der Waals surface area contributed by atoms with Gasteiger partial charge in [0.05, 0.1) is 18.8 Å². The molecule has 2 heterocycles. The Morgan fingerprint density at radius 2 is 1.57 bits per heavy atom. The molecule has 2 aliphatic rings. The van der Waals surface area contributed by atoms with E-state index >= 15 is 0 Å². The third-order valence-electron chi connectivity index (χ3n) is 8.17. The molecule has 1 saturated heterocycles. The molecule has 0 aromatic heterocycles. The first-order chi connectivity index (χ1) is 25.2. The normalized spacial score (nSPS) is 19.7. The van der Waals surface area contributed by atoms with Gasteiger partial charge in [-0.2, -0.15) is 8.42 Å². The molecule has 5 rings (SSSR count). The topological polar surface area (TPSA) is 225 Å². The van der Waals surface area contributed by atoms with Gasteiger partial charge in [-0.05, 0) is 28.3 Å². The Kier molecular flexibility index (Phi) is 12.4. The van der Waals surface area contributed by atoms with E-state index in [1.807, 2.05) is 91.0 Å². The number of esters is 1. The van der Waals surface area contributed by atoms with Crippen molar-refractivity contribution in [2.45, 2.75) is 49.9 Å². The summed E-state index contributed by atoms with van der Waals surface area (Å²) < 4.78 is 42.3. The smallest absolute Gasteiger partial charge is 0.362 e. The first-order valence-corrected chi connectivity index (χ1v) is 22.9. The van der Waals surface area contributed by atoms with Gasteiger partial charge < -0.3 is 10.1 Å². The largest absolute Gasteiger partial charge is 0.464 e. The summed E-state index contributed by atoms with van der Waals surface area (Å²) in [4.78, 5) is 56.3. The maximum atomic E-state index is 13.2. The number of azide groups is 1. The van der Waals surface area contributed by atoms with E-state index in [4.69, 9.17) is 25.1 Å². The lowest BCUT2D eigenvalue weighted by molar-refractivity contribution is -0.148. The maximum absolute atomic E-state index is 13.2. The summed E-state index contributed by atoms with van der Waals surface area (Å²) in [7, 11) is -7.70. The van der Waals surface area contributed by atoms with Crippen LogP contribution in [0.15, 0.2) is 111 Å². The molecule has 53 heavy (non-hydrogen) atoms. The number of ether oxygens (including phenoxy) is 1. The van der Waals surface area contributed by atoms with Crippen LogP contribution in [0.3, 0.4) is 0 Å². The summed E-state index contributed by atoms with van der Waals surface area (Å²) in [5.74, 6) is -2.43. The van der Waals surface area contributed by atoms with Crippen LogP contribution in [0, 0.1) is 0 Å². The molecule has 3 aromatic rings. The van der Waals surface area contributed by atoms with Gasteiger partial charge in [-0.15, -0.1) is 4.53 Å². The molecule has 3 aromatic carbocycles. The minimum absolute atomic E-state index is 0.0183. The first kappa shape index (κ1) is 39.2. The van der Waals surface area contributed by atoms with Gasteiger partial charge in [0.2, 0.25) is 5.91 Å². The molecule has 2 aliphatic heterocycles. The molecule has 0 aliphatic carbocycles. The average molecular weight is 779 g/mol. The molecular weight excluding hydrogens is 741 g/mol. The summed E-state index contributed by atoms with van der Waals surface area (Å²) >= 11 is 0. The second kappa shape index (κ2) is 16.7. The fourth-order valence-electron chi connectivity index (χ4n) is 5.61. The lowest BCUT2D eigenvalue weighted by Gasteiger charge is -2.41. The monoisotopic (exact) mass is 778 g/mol. The zero-order valence-corrected chi connectivity index (χ0v) is 31.7. The molecule has 3 atom stereocenters. The second-order valence-corrected chi connectivity index (χ2v) is 21.7. The van der Waals surface area contributed by atoms with Crippen LogP contribution in [0.4, 0.5) is 0 Å². The van der Waals surface area contributed by atoms with E-state index in [0.29, 0.717) is 5.71 Å². The fourth-order valence-corrected chi connectivity index (χ4v) is 8.49. The molecular formula is C34H38N8O8S2Si. The highest BCUT2D eigenvalue weighted by Gasteiger charge is 2.54. The van der Waals surface area contributed by atoms with Crippen molar-refractivity contribution in [3.05, 3.63) is 118 Å². The Balaban J connectivity index is 1.51. The molecule has 2 N–H and O–H groups in total. The Morgan fingerprint density at radius 1 is 1.02 bits per heavy atom. The quantitative estimate of drug-likeness (QED) is 0.0255. The van der Waals surface area contributed by atoms with E-state index < -0.39 is 71.2 Å². The molecule has 0 spiro atoms. The lowest BCUT2D eigenvalue weighted by Crippen LogP contribution is -2.71. The van der Waals surface area contributed by atoms with Crippen LogP contribution >= 0.6 is 0 Å². The summed E-state index contributed by atoms with van der Waals surface area (Å²) in [6, 6.07) is 28.1. The van der Waals surface area contributed by atoms with Crippen molar-refractivity contribution in [2.24, 2.45) is 19.6 Å². The highest BCUT2D eigenvalue weighted by molar-refractivity contribution is 8.03. The average Bonchev–Trinajstić information content (AvgIpc) is 3.49. The predicted octanol–water partition coefficient (Wildman–Crippen LogP) is 4.56. The summed E-state index contributed by atoms with van der Waals surface area (Å²) in [5.41, 5.74) is 10.5. The summed E-state index contributed by atoms with van der Waals surface area (Å²) in [6.45, 7) is 6.34. The number of amidine groups is 1. The molecule has 0 bridgehead atoms. The standard InChI is InChI=1S/C34H38N8O8S2Si/c1-53(2,3)20-19-49-29(44)22-50-41-51-23-27(21-28(43)37-30-31(39-40-35)42(32(30)45)52(46,47)48)36-33(51)38-34(24-13-7-4-8-14-24,25-15-9-5-10-16-25)26-17-11-6-12-18-26/h4-18,30-31H,19-23H2,1-3H3,(H,37,43)(H,46,47,48)/t30-,31-,51?/m0/s1. The van der Waals surface area contributed by atoms with Crippen LogP contribution in [0.5, 0.6) is 0 Å². The molecule has 0 saturated carbocycles. The zero-order chi connectivity index (χ0) is 38.2. The van der Waals surface area contributed by atoms with Gasteiger partial charge in [0.25, 0.3) is 5.91 Å². The molecule has 0 radical (unpaired) electrons. The molecule has 278 valence electrons. The number of carbonyl (C=O) groups excluding carboxylic acids is 3. The number of hydrogen-bond acceptors (Lipinski definition) is 10. The highest BCUT2D eigenvalue weighted by Crippen LogP contribution is 2.41. The molecule has 2 amide bonds. The van der Waals surface area contributed by atoms with Gasteiger partial charge in [-0.25, -0.2) is 23.9 Å². The van der Waals surface area contributed by atoms with Crippen LogP contribution in [0.25, 0.3) is 10.4 Å². The minimum atomic E-state index is -5.03. The van der Waals surface area contributed by atoms with E-state index in [0.717, 1.165) is 22.7 Å². The van der Waals surface area contributed by atoms with Crippen molar-refractivity contribution < 1.29 is 36.9 Å². The lowest BCUT2D eigenvalue weighted by atomic mass is 9.77. The van der Waals surface area contributed by atoms with Crippen molar-refractivity contribution in [3.8, 4) is 0 Å². The van der Waals surface area contributed by atoms with Gasteiger partial charge in [0.1, 0.15) is 11.6 Å². The SMILES string of the molecule is C[Si](C)(C)CCOC(=O)CON=S1CC(CC(=O)N[C@@H]2C(=O)N(S(=O)(=O)O)[C@@H]2N=[N+]=[N-])=NC1=NC(c1ccccc1)(c1ccccc1)c1ccccc1. The number of aliphatic imine (C=N–C) groups is 2. The number of carbonyl (C=O) groups is 3. The predicted molar refractivity (Wildman–Crippen MR) is 202 cm³/mol. The van der Waals surface area contributed by atoms with Crippen LogP contribution in [-0.4, -0.2) is 85.2 Å². The number of rotatable bonds is 15. The number of nitrogens with zero attached hydrogens (tertiary/aromatic N) is 7. The van der Waals surface area contributed by atoms with E-state index in [1.54, 1.807) is 0 Å².